The van der Waals surface area contributed by atoms with Crippen LogP contribution < -0.4 is 5.43 Å². The van der Waals surface area contributed by atoms with Crippen LogP contribution in [0.4, 0.5) is 0 Å². The topological polar surface area (TPSA) is 61.7 Å². The Labute approximate surface area is 148 Å². The Morgan fingerprint density at radius 1 is 1.00 bits per heavy atom. The molecule has 0 aliphatic carbocycles. The molecule has 4 heteroatoms. The zero-order valence-electron chi connectivity index (χ0n) is 15.1. The fraction of sp³-hybridized carbons (Fsp3) is 0.238. The maximum absolute atomic E-state index is 11.9. The first-order valence-electron chi connectivity index (χ1n) is 8.17. The Kier molecular flexibility index (Phi) is 5.75. The summed E-state index contributed by atoms with van der Waals surface area (Å²) in [6.07, 6.45) is 3.41. The molecule has 4 nitrogen and oxygen atoms in total. The van der Waals surface area contributed by atoms with Crippen molar-refractivity contribution in [2.75, 3.05) is 0 Å². The zero-order valence-corrected chi connectivity index (χ0v) is 15.1. The molecule has 2 aromatic carbocycles. The molecule has 1 amide bonds. The second kappa shape index (κ2) is 7.79. The van der Waals surface area contributed by atoms with Gasteiger partial charge in [-0.1, -0.05) is 45.0 Å². The Bertz CT molecular complexity index is 780. The standard InChI is InChI=1S/C21H24N2O2/c1-15(16-5-9-18(10-6-16)21(2,3)4)13-14-22-23-20(25)17-7-11-19(24)12-8-17/h5-14,24H,1-4H3,(H,23,25)/b15-13+,22-14+. The number of amides is 1. The molecule has 0 aliphatic heterocycles. The lowest BCUT2D eigenvalue weighted by atomic mass is 9.86. The van der Waals surface area contributed by atoms with E-state index in [2.05, 4.69) is 55.6 Å². The number of hydrogen-bond acceptors (Lipinski definition) is 3. The molecule has 0 fully saturated rings. The molecule has 0 saturated heterocycles. The third-order valence-electron chi connectivity index (χ3n) is 3.90. The molecule has 0 radical (unpaired) electrons. The van der Waals surface area contributed by atoms with Crippen molar-refractivity contribution in [1.82, 2.24) is 5.43 Å². The van der Waals surface area contributed by atoms with Gasteiger partial charge in [0.2, 0.25) is 0 Å². The number of allylic oxidation sites excluding steroid dienone is 2. The van der Waals surface area contributed by atoms with Gasteiger partial charge in [0.15, 0.2) is 0 Å². The lowest BCUT2D eigenvalue weighted by molar-refractivity contribution is 0.0955. The lowest BCUT2D eigenvalue weighted by Gasteiger charge is -2.19. The highest BCUT2D eigenvalue weighted by Crippen LogP contribution is 2.24. The van der Waals surface area contributed by atoms with E-state index in [0.29, 0.717) is 5.56 Å². The molecule has 0 aliphatic rings. The molecule has 0 bridgehead atoms. The summed E-state index contributed by atoms with van der Waals surface area (Å²) in [4.78, 5) is 11.9. The minimum Gasteiger partial charge on any atom is -0.508 e. The summed E-state index contributed by atoms with van der Waals surface area (Å²) in [6.45, 7) is 8.57. The number of nitrogens with one attached hydrogen (secondary N) is 1. The highest BCUT2D eigenvalue weighted by Gasteiger charge is 2.12. The Morgan fingerprint density at radius 2 is 1.56 bits per heavy atom. The predicted molar refractivity (Wildman–Crippen MR) is 103 cm³/mol. The van der Waals surface area contributed by atoms with Crippen molar-refractivity contribution in [2.45, 2.75) is 33.1 Å². The van der Waals surface area contributed by atoms with Crippen molar-refractivity contribution in [2.24, 2.45) is 5.10 Å². The normalized spacial score (nSPS) is 12.4. The summed E-state index contributed by atoms with van der Waals surface area (Å²) >= 11 is 0. The lowest BCUT2D eigenvalue weighted by Crippen LogP contribution is -2.17. The van der Waals surface area contributed by atoms with Gasteiger partial charge in [0.05, 0.1) is 0 Å². The van der Waals surface area contributed by atoms with Gasteiger partial charge in [-0.05, 0) is 59.4 Å². The first-order chi connectivity index (χ1) is 11.8. The molecule has 2 aromatic rings. The maximum Gasteiger partial charge on any atom is 0.271 e. The van der Waals surface area contributed by atoms with Gasteiger partial charge in [-0.2, -0.15) is 5.10 Å². The number of phenolic OH excluding ortho intramolecular Hbond substituents is 1. The first-order valence-corrected chi connectivity index (χ1v) is 8.17. The van der Waals surface area contributed by atoms with Gasteiger partial charge in [0, 0.05) is 11.8 Å². The molecule has 2 rings (SSSR count). The first kappa shape index (κ1) is 18.5. The van der Waals surface area contributed by atoms with Crippen LogP contribution in [-0.2, 0) is 5.41 Å². The molecule has 0 unspecified atom stereocenters. The number of nitrogens with zero attached hydrogens (tertiary/aromatic N) is 1. The van der Waals surface area contributed by atoms with E-state index in [9.17, 15) is 9.90 Å². The number of rotatable bonds is 4. The van der Waals surface area contributed by atoms with E-state index in [4.69, 9.17) is 0 Å². The molecule has 0 spiro atoms. The molecule has 0 atom stereocenters. The number of carbonyl (C=O) groups is 1. The van der Waals surface area contributed by atoms with Crippen molar-refractivity contribution in [3.8, 4) is 5.75 Å². The van der Waals surface area contributed by atoms with E-state index in [1.807, 2.05) is 13.0 Å². The molecular formula is C21H24N2O2. The van der Waals surface area contributed by atoms with Crippen molar-refractivity contribution >= 4 is 17.7 Å². The SMILES string of the molecule is C/C(=C\C=N\NC(=O)c1ccc(O)cc1)c1ccc(C(C)(C)C)cc1. The van der Waals surface area contributed by atoms with Crippen molar-refractivity contribution in [3.63, 3.8) is 0 Å². The maximum atomic E-state index is 11.9. The van der Waals surface area contributed by atoms with Crippen LogP contribution in [0, 0.1) is 0 Å². The Balaban J connectivity index is 1.97. The van der Waals surface area contributed by atoms with Gasteiger partial charge in [-0.3, -0.25) is 4.79 Å². The summed E-state index contributed by atoms with van der Waals surface area (Å²) < 4.78 is 0. The van der Waals surface area contributed by atoms with Gasteiger partial charge in [-0.25, -0.2) is 5.43 Å². The Hall–Kier alpha value is -2.88. The second-order valence-electron chi connectivity index (χ2n) is 6.94. The van der Waals surface area contributed by atoms with Gasteiger partial charge < -0.3 is 5.11 Å². The van der Waals surface area contributed by atoms with E-state index in [1.54, 1.807) is 6.21 Å². The van der Waals surface area contributed by atoms with Crippen LogP contribution in [-0.4, -0.2) is 17.2 Å². The quantitative estimate of drug-likeness (QED) is 0.637. The summed E-state index contributed by atoms with van der Waals surface area (Å²) in [5.41, 5.74) is 6.50. The average molecular weight is 336 g/mol. The van der Waals surface area contributed by atoms with Crippen LogP contribution in [0.25, 0.3) is 5.57 Å². The fourth-order valence-electron chi connectivity index (χ4n) is 2.25. The molecule has 25 heavy (non-hydrogen) atoms. The molecule has 0 saturated carbocycles. The number of benzene rings is 2. The zero-order chi connectivity index (χ0) is 18.4. The van der Waals surface area contributed by atoms with Gasteiger partial charge >= 0.3 is 0 Å². The monoisotopic (exact) mass is 336 g/mol. The fourth-order valence-corrected chi connectivity index (χ4v) is 2.25. The average Bonchev–Trinajstić information content (AvgIpc) is 2.58. The van der Waals surface area contributed by atoms with E-state index in [1.165, 1.54) is 29.8 Å². The van der Waals surface area contributed by atoms with Gasteiger partial charge in [0.1, 0.15) is 5.75 Å². The summed E-state index contributed by atoms with van der Waals surface area (Å²) in [5.74, 6) is -0.201. The van der Waals surface area contributed by atoms with Crippen molar-refractivity contribution in [3.05, 3.63) is 71.3 Å². The third kappa shape index (κ3) is 5.31. The van der Waals surface area contributed by atoms with E-state index in [-0.39, 0.29) is 17.1 Å². The number of carbonyl (C=O) groups excluding carboxylic acids is 1. The summed E-state index contributed by atoms with van der Waals surface area (Å²) in [5, 5.41) is 13.1. The minimum atomic E-state index is -0.322. The molecular weight excluding hydrogens is 312 g/mol. The largest absolute Gasteiger partial charge is 0.508 e. The van der Waals surface area contributed by atoms with E-state index >= 15 is 0 Å². The Morgan fingerprint density at radius 3 is 2.12 bits per heavy atom. The highest BCUT2D eigenvalue weighted by molar-refractivity contribution is 5.95. The van der Waals surface area contributed by atoms with Gasteiger partial charge in [0.25, 0.3) is 5.91 Å². The number of hydrazone groups is 1. The smallest absolute Gasteiger partial charge is 0.271 e. The summed E-state index contributed by atoms with van der Waals surface area (Å²) in [6, 6.07) is 14.5. The number of hydrogen-bond donors (Lipinski definition) is 2. The summed E-state index contributed by atoms with van der Waals surface area (Å²) in [7, 11) is 0. The predicted octanol–water partition coefficient (Wildman–Crippen LogP) is 4.51. The van der Waals surface area contributed by atoms with Crippen LogP contribution in [0.5, 0.6) is 5.75 Å². The van der Waals surface area contributed by atoms with Crippen LogP contribution in [0.3, 0.4) is 0 Å². The second-order valence-corrected chi connectivity index (χ2v) is 6.94. The van der Waals surface area contributed by atoms with Crippen LogP contribution in [0.2, 0.25) is 0 Å². The number of aromatic hydroxyl groups is 1. The van der Waals surface area contributed by atoms with Crippen LogP contribution in [0.15, 0.2) is 59.7 Å². The van der Waals surface area contributed by atoms with Gasteiger partial charge in [-0.15, -0.1) is 0 Å². The molecule has 130 valence electrons. The minimum absolute atomic E-state index is 0.121. The van der Waals surface area contributed by atoms with E-state index in [0.717, 1.165) is 11.1 Å². The molecule has 0 aromatic heterocycles. The van der Waals surface area contributed by atoms with Crippen molar-refractivity contribution < 1.29 is 9.90 Å². The van der Waals surface area contributed by atoms with Crippen LogP contribution in [0.1, 0.15) is 49.2 Å². The molecule has 2 N–H and O–H groups in total. The van der Waals surface area contributed by atoms with E-state index < -0.39 is 0 Å². The highest BCUT2D eigenvalue weighted by atomic mass is 16.3. The van der Waals surface area contributed by atoms with Crippen molar-refractivity contribution in [1.29, 1.82) is 0 Å². The third-order valence-corrected chi connectivity index (χ3v) is 3.90. The number of phenols is 1. The molecule has 0 heterocycles. The van der Waals surface area contributed by atoms with Crippen LogP contribution >= 0.6 is 0 Å².